The van der Waals surface area contributed by atoms with Crippen molar-refractivity contribution in [3.63, 3.8) is 0 Å². The largest absolute Gasteiger partial charge is 0.486 e. The van der Waals surface area contributed by atoms with Crippen LogP contribution in [0.5, 0.6) is 11.5 Å². The van der Waals surface area contributed by atoms with Crippen LogP contribution in [-0.2, 0) is 19.5 Å². The number of carbonyl (C=O) groups is 1. The second-order valence-corrected chi connectivity index (χ2v) is 8.57. The van der Waals surface area contributed by atoms with Crippen molar-refractivity contribution in [3.05, 3.63) is 94.5 Å². The number of carbonyl (C=O) groups excluding carboxylic acids is 1. The summed E-state index contributed by atoms with van der Waals surface area (Å²) in [6.45, 7) is 6.08. The van der Waals surface area contributed by atoms with E-state index in [-0.39, 0.29) is 5.91 Å². The summed E-state index contributed by atoms with van der Waals surface area (Å²) in [4.78, 5) is 14.1. The molecule has 2 aliphatic heterocycles. The zero-order valence-electron chi connectivity index (χ0n) is 18.8. The van der Waals surface area contributed by atoms with Crippen LogP contribution in [0, 0.1) is 0 Å². The molecule has 1 amide bonds. The van der Waals surface area contributed by atoms with Gasteiger partial charge in [0.05, 0.1) is 12.3 Å². The molecule has 33 heavy (non-hydrogen) atoms. The molecule has 3 aromatic rings. The Morgan fingerprint density at radius 2 is 1.67 bits per heavy atom. The van der Waals surface area contributed by atoms with Gasteiger partial charge in [-0.1, -0.05) is 36.4 Å². The Morgan fingerprint density at radius 3 is 2.48 bits per heavy atom. The lowest BCUT2D eigenvalue weighted by Gasteiger charge is -2.26. The van der Waals surface area contributed by atoms with Gasteiger partial charge in [-0.25, -0.2) is 5.43 Å². The van der Waals surface area contributed by atoms with E-state index in [4.69, 9.17) is 9.47 Å². The van der Waals surface area contributed by atoms with Gasteiger partial charge in [0, 0.05) is 28.7 Å². The molecule has 0 spiro atoms. The molecule has 0 saturated carbocycles. The van der Waals surface area contributed by atoms with Gasteiger partial charge in [0.15, 0.2) is 11.5 Å². The number of quaternary nitrogens is 1. The van der Waals surface area contributed by atoms with Gasteiger partial charge < -0.3 is 14.4 Å². The van der Waals surface area contributed by atoms with Gasteiger partial charge >= 0.3 is 0 Å². The molecule has 3 aromatic carbocycles. The summed E-state index contributed by atoms with van der Waals surface area (Å²) in [5.41, 5.74) is 8.98. The topological polar surface area (TPSA) is 64.4 Å². The summed E-state index contributed by atoms with van der Waals surface area (Å²) in [5.74, 6) is 1.21. The highest BCUT2D eigenvalue weighted by Crippen LogP contribution is 2.30. The Kier molecular flexibility index (Phi) is 6.09. The summed E-state index contributed by atoms with van der Waals surface area (Å²) >= 11 is 0. The number of benzene rings is 3. The van der Waals surface area contributed by atoms with Crippen molar-refractivity contribution in [1.29, 1.82) is 0 Å². The second-order valence-electron chi connectivity index (χ2n) is 8.57. The molecule has 0 bridgehead atoms. The molecule has 0 fully saturated rings. The summed E-state index contributed by atoms with van der Waals surface area (Å²) in [7, 11) is 0. The van der Waals surface area contributed by atoms with Gasteiger partial charge in [-0.2, -0.15) is 5.10 Å². The highest BCUT2D eigenvalue weighted by molar-refractivity contribution is 6.01. The molecule has 6 heteroatoms. The Hall–Kier alpha value is -3.64. The third kappa shape index (κ3) is 4.91. The predicted molar refractivity (Wildman–Crippen MR) is 127 cm³/mol. The fourth-order valence-corrected chi connectivity index (χ4v) is 4.39. The van der Waals surface area contributed by atoms with Crippen LogP contribution >= 0.6 is 0 Å². The number of hydrogen-bond acceptors (Lipinski definition) is 4. The number of nitrogens with one attached hydrogen (secondary N) is 2. The third-order valence-electron chi connectivity index (χ3n) is 6.26. The maximum Gasteiger partial charge on any atom is 0.271 e. The Bertz CT molecular complexity index is 1190. The molecule has 168 valence electrons. The Labute approximate surface area is 193 Å². The lowest BCUT2D eigenvalue weighted by atomic mass is 9.99. The highest BCUT2D eigenvalue weighted by atomic mass is 16.6. The lowest BCUT2D eigenvalue weighted by molar-refractivity contribution is -0.929. The van der Waals surface area contributed by atoms with Crippen molar-refractivity contribution in [2.75, 3.05) is 19.8 Å². The van der Waals surface area contributed by atoms with E-state index >= 15 is 0 Å². The van der Waals surface area contributed by atoms with E-state index in [1.54, 1.807) is 4.90 Å². The summed E-state index contributed by atoms with van der Waals surface area (Å²) < 4.78 is 11.2. The summed E-state index contributed by atoms with van der Waals surface area (Å²) in [6.07, 6.45) is 1.12. The van der Waals surface area contributed by atoms with Crippen molar-refractivity contribution in [2.45, 2.75) is 26.4 Å². The quantitative estimate of drug-likeness (QED) is 0.472. The summed E-state index contributed by atoms with van der Waals surface area (Å²) in [6, 6.07) is 22.2. The molecule has 0 aromatic heterocycles. The minimum absolute atomic E-state index is 0.224. The monoisotopic (exact) mass is 442 g/mol. The molecule has 1 unspecified atom stereocenters. The zero-order chi connectivity index (χ0) is 22.6. The number of ether oxygens (including phenoxy) is 2. The number of hydrogen-bond donors (Lipinski definition) is 2. The van der Waals surface area contributed by atoms with Crippen molar-refractivity contribution >= 4 is 11.6 Å². The maximum absolute atomic E-state index is 12.6. The highest BCUT2D eigenvalue weighted by Gasteiger charge is 2.19. The molecule has 1 atom stereocenters. The molecule has 0 radical (unpaired) electrons. The molecule has 2 heterocycles. The van der Waals surface area contributed by atoms with E-state index in [2.05, 4.69) is 34.8 Å². The first-order valence-electron chi connectivity index (χ1n) is 11.4. The van der Waals surface area contributed by atoms with Gasteiger partial charge in [0.25, 0.3) is 5.91 Å². The van der Waals surface area contributed by atoms with E-state index in [0.29, 0.717) is 30.2 Å². The first-order valence-corrected chi connectivity index (χ1v) is 11.4. The van der Waals surface area contributed by atoms with Gasteiger partial charge in [-0.05, 0) is 42.8 Å². The van der Waals surface area contributed by atoms with Crippen molar-refractivity contribution in [1.82, 2.24) is 5.43 Å². The minimum Gasteiger partial charge on any atom is -0.486 e. The average Bonchev–Trinajstić information content (AvgIpc) is 2.87. The van der Waals surface area contributed by atoms with Crippen LogP contribution in [0.1, 0.15) is 39.5 Å². The maximum atomic E-state index is 12.6. The average molecular weight is 443 g/mol. The van der Waals surface area contributed by atoms with Crippen LogP contribution in [0.2, 0.25) is 0 Å². The van der Waals surface area contributed by atoms with E-state index in [0.717, 1.165) is 37.4 Å². The molecule has 5 rings (SSSR count). The smallest absolute Gasteiger partial charge is 0.271 e. The summed E-state index contributed by atoms with van der Waals surface area (Å²) in [5, 5.41) is 4.27. The predicted octanol–water partition coefficient (Wildman–Crippen LogP) is 2.75. The lowest BCUT2D eigenvalue weighted by Crippen LogP contribution is -3.10. The first-order chi connectivity index (χ1) is 16.2. The van der Waals surface area contributed by atoms with Crippen molar-refractivity contribution in [3.8, 4) is 11.5 Å². The Balaban J connectivity index is 1.18. The fraction of sp³-hybridized carbons (Fsp3) is 0.259. The first kappa shape index (κ1) is 21.2. The van der Waals surface area contributed by atoms with E-state index < -0.39 is 0 Å². The Morgan fingerprint density at radius 1 is 0.939 bits per heavy atom. The second kappa shape index (κ2) is 9.46. The number of hydrazone groups is 1. The standard InChI is InChI=1S/C27H27N3O3/c1-19(23-10-11-25-26(16-23)33-15-14-32-25)28-29-27(31)22-8-6-20(7-9-22)17-30-13-12-21-4-2-3-5-24(21)18-30/h2-11,16H,12-15,17-18H2,1H3,(H,29,31)/p+1/b28-19+. The number of rotatable bonds is 5. The van der Waals surface area contributed by atoms with Crippen LogP contribution in [0.15, 0.2) is 71.8 Å². The molecular formula is C27H28N3O3+. The van der Waals surface area contributed by atoms with Crippen LogP contribution in [0.3, 0.4) is 0 Å². The third-order valence-corrected chi connectivity index (χ3v) is 6.26. The number of nitrogens with zero attached hydrogens (tertiary/aromatic N) is 1. The van der Waals surface area contributed by atoms with E-state index in [1.807, 2.05) is 49.4 Å². The van der Waals surface area contributed by atoms with Crippen LogP contribution in [-0.4, -0.2) is 31.4 Å². The van der Waals surface area contributed by atoms with Crippen molar-refractivity contribution < 1.29 is 19.2 Å². The molecule has 0 saturated heterocycles. The van der Waals surface area contributed by atoms with E-state index in [9.17, 15) is 4.79 Å². The van der Waals surface area contributed by atoms with Gasteiger partial charge in [0.1, 0.15) is 26.3 Å². The minimum atomic E-state index is -0.224. The number of fused-ring (bicyclic) bond motifs is 2. The molecular weight excluding hydrogens is 414 g/mol. The molecule has 6 nitrogen and oxygen atoms in total. The molecule has 2 N–H and O–H groups in total. The van der Waals surface area contributed by atoms with Crippen LogP contribution in [0.4, 0.5) is 0 Å². The van der Waals surface area contributed by atoms with Gasteiger partial charge in [0.2, 0.25) is 0 Å². The van der Waals surface area contributed by atoms with E-state index in [1.165, 1.54) is 16.7 Å². The molecule has 0 aliphatic carbocycles. The molecule has 2 aliphatic rings. The van der Waals surface area contributed by atoms with Crippen molar-refractivity contribution in [2.24, 2.45) is 5.10 Å². The normalized spacial score (nSPS) is 17.2. The number of amides is 1. The zero-order valence-corrected chi connectivity index (χ0v) is 18.8. The van der Waals surface area contributed by atoms with Gasteiger partial charge in [-0.3, -0.25) is 4.79 Å². The van der Waals surface area contributed by atoms with Gasteiger partial charge in [-0.15, -0.1) is 0 Å². The van der Waals surface area contributed by atoms with Crippen LogP contribution in [0.25, 0.3) is 0 Å². The fourth-order valence-electron chi connectivity index (χ4n) is 4.39. The van der Waals surface area contributed by atoms with Crippen LogP contribution < -0.4 is 19.8 Å². The SMILES string of the molecule is C/C(=N\NC(=O)c1ccc(C[NH+]2CCc3ccccc3C2)cc1)c1ccc2c(c1)OCCO2.